The molecule has 0 unspecified atom stereocenters. The van der Waals surface area contributed by atoms with Crippen molar-refractivity contribution >= 4 is 17.7 Å². The molecule has 1 N–H and O–H groups in total. The monoisotopic (exact) mass is 335 g/mol. The van der Waals surface area contributed by atoms with Crippen molar-refractivity contribution in [2.24, 2.45) is 5.92 Å². The molecule has 0 radical (unpaired) electrons. The van der Waals surface area contributed by atoms with E-state index in [1.165, 1.54) is 11.8 Å². The molecular formula is C15H17N3O4S. The van der Waals surface area contributed by atoms with Gasteiger partial charge in [-0.25, -0.2) is 0 Å². The second-order valence-electron chi connectivity index (χ2n) is 5.43. The van der Waals surface area contributed by atoms with Crippen LogP contribution in [0.25, 0.3) is 11.5 Å². The topological polar surface area (TPSA) is 86.5 Å². The van der Waals surface area contributed by atoms with Gasteiger partial charge in [-0.2, -0.15) is 0 Å². The molecule has 7 nitrogen and oxygen atoms in total. The lowest BCUT2D eigenvalue weighted by molar-refractivity contribution is -0.118. The van der Waals surface area contributed by atoms with Gasteiger partial charge in [-0.1, -0.05) is 25.6 Å². The first kappa shape index (κ1) is 15.7. The highest BCUT2D eigenvalue weighted by atomic mass is 32.2. The standard InChI is InChI=1S/C15H17N3O4S/c1-9(2)6-16-13(19)7-23-15-18-17-14(22-15)10-3-4-11-12(5-10)21-8-20-11/h3-5,9H,6-8H2,1-2H3,(H,16,19). The number of aromatic nitrogens is 2. The third kappa shape index (κ3) is 3.95. The number of hydrogen-bond donors (Lipinski definition) is 1. The number of thioether (sulfide) groups is 1. The van der Waals surface area contributed by atoms with Crippen molar-refractivity contribution in [3.8, 4) is 23.0 Å². The number of nitrogens with one attached hydrogen (secondary N) is 1. The lowest BCUT2D eigenvalue weighted by Gasteiger charge is -2.05. The number of carbonyl (C=O) groups is 1. The van der Waals surface area contributed by atoms with Gasteiger partial charge in [-0.05, 0) is 24.1 Å². The van der Waals surface area contributed by atoms with Gasteiger partial charge in [-0.3, -0.25) is 4.79 Å². The van der Waals surface area contributed by atoms with Gasteiger partial charge in [-0.15, -0.1) is 10.2 Å². The minimum absolute atomic E-state index is 0.0495. The van der Waals surface area contributed by atoms with E-state index in [9.17, 15) is 4.79 Å². The number of benzene rings is 1. The molecule has 0 bridgehead atoms. The van der Waals surface area contributed by atoms with Crippen molar-refractivity contribution in [3.05, 3.63) is 18.2 Å². The Morgan fingerprint density at radius 1 is 1.30 bits per heavy atom. The fraction of sp³-hybridized carbons (Fsp3) is 0.400. The van der Waals surface area contributed by atoms with Gasteiger partial charge < -0.3 is 19.2 Å². The van der Waals surface area contributed by atoms with Gasteiger partial charge in [0, 0.05) is 12.1 Å². The summed E-state index contributed by atoms with van der Waals surface area (Å²) in [5.41, 5.74) is 0.748. The molecule has 23 heavy (non-hydrogen) atoms. The zero-order valence-corrected chi connectivity index (χ0v) is 13.7. The molecule has 0 saturated carbocycles. The molecule has 0 aliphatic carbocycles. The molecule has 1 aliphatic rings. The van der Waals surface area contributed by atoms with Crippen molar-refractivity contribution in [3.63, 3.8) is 0 Å². The summed E-state index contributed by atoms with van der Waals surface area (Å²) < 4.78 is 16.2. The van der Waals surface area contributed by atoms with E-state index in [2.05, 4.69) is 15.5 Å². The Labute approximate surface area is 137 Å². The maximum atomic E-state index is 11.7. The summed E-state index contributed by atoms with van der Waals surface area (Å²) in [5.74, 6) is 2.35. The quantitative estimate of drug-likeness (QED) is 0.811. The van der Waals surface area contributed by atoms with Gasteiger partial charge in [0.15, 0.2) is 11.5 Å². The van der Waals surface area contributed by atoms with Gasteiger partial charge in [0.05, 0.1) is 5.75 Å². The smallest absolute Gasteiger partial charge is 0.277 e. The number of hydrogen-bond acceptors (Lipinski definition) is 7. The highest BCUT2D eigenvalue weighted by Crippen LogP contribution is 2.35. The first-order valence-electron chi connectivity index (χ1n) is 7.25. The molecule has 0 saturated heterocycles. The lowest BCUT2D eigenvalue weighted by atomic mass is 10.2. The highest BCUT2D eigenvalue weighted by molar-refractivity contribution is 7.99. The van der Waals surface area contributed by atoms with Crippen LogP contribution in [0.1, 0.15) is 13.8 Å². The molecule has 2 heterocycles. The average Bonchev–Trinajstić information content (AvgIpc) is 3.18. The van der Waals surface area contributed by atoms with Crippen LogP contribution in [0.5, 0.6) is 11.5 Å². The van der Waals surface area contributed by atoms with Crippen LogP contribution in [0.2, 0.25) is 0 Å². The molecule has 0 spiro atoms. The van der Waals surface area contributed by atoms with Crippen LogP contribution in [0, 0.1) is 5.92 Å². The molecule has 0 atom stereocenters. The SMILES string of the molecule is CC(C)CNC(=O)CSc1nnc(-c2ccc3c(c2)OCO3)o1. The van der Waals surface area contributed by atoms with E-state index in [1.54, 1.807) is 12.1 Å². The summed E-state index contributed by atoms with van der Waals surface area (Å²) in [4.78, 5) is 11.7. The van der Waals surface area contributed by atoms with Crippen molar-refractivity contribution in [2.75, 3.05) is 19.1 Å². The predicted octanol–water partition coefficient (Wildman–Crippen LogP) is 2.33. The maximum absolute atomic E-state index is 11.7. The molecular weight excluding hydrogens is 318 g/mol. The summed E-state index contributed by atoms with van der Waals surface area (Å²) in [7, 11) is 0. The maximum Gasteiger partial charge on any atom is 0.277 e. The number of nitrogens with zero attached hydrogens (tertiary/aromatic N) is 2. The fourth-order valence-electron chi connectivity index (χ4n) is 1.91. The molecule has 1 aliphatic heterocycles. The van der Waals surface area contributed by atoms with E-state index in [-0.39, 0.29) is 18.5 Å². The predicted molar refractivity (Wildman–Crippen MR) is 84.4 cm³/mol. The van der Waals surface area contributed by atoms with Crippen molar-refractivity contribution < 1.29 is 18.7 Å². The average molecular weight is 335 g/mol. The van der Waals surface area contributed by atoms with Crippen LogP contribution in [-0.4, -0.2) is 35.2 Å². The third-order valence-electron chi connectivity index (χ3n) is 3.06. The molecule has 0 fully saturated rings. The van der Waals surface area contributed by atoms with E-state index in [1.807, 2.05) is 19.9 Å². The summed E-state index contributed by atoms with van der Waals surface area (Å²) in [6.07, 6.45) is 0. The largest absolute Gasteiger partial charge is 0.454 e. The van der Waals surface area contributed by atoms with Gasteiger partial charge >= 0.3 is 0 Å². The van der Waals surface area contributed by atoms with Crippen LogP contribution in [-0.2, 0) is 4.79 Å². The van der Waals surface area contributed by atoms with Crippen LogP contribution in [0.3, 0.4) is 0 Å². The minimum Gasteiger partial charge on any atom is -0.454 e. The van der Waals surface area contributed by atoms with E-state index in [0.717, 1.165) is 5.56 Å². The second-order valence-corrected chi connectivity index (χ2v) is 6.35. The molecule has 1 amide bonds. The summed E-state index contributed by atoms with van der Waals surface area (Å²) >= 11 is 1.21. The van der Waals surface area contributed by atoms with Crippen molar-refractivity contribution in [1.82, 2.24) is 15.5 Å². The van der Waals surface area contributed by atoms with Crippen molar-refractivity contribution in [1.29, 1.82) is 0 Å². The number of rotatable bonds is 6. The zero-order valence-electron chi connectivity index (χ0n) is 12.9. The number of amides is 1. The molecule has 2 aromatic rings. The highest BCUT2D eigenvalue weighted by Gasteiger charge is 2.17. The Hall–Kier alpha value is -2.22. The van der Waals surface area contributed by atoms with Gasteiger partial charge in [0.25, 0.3) is 5.22 Å². The Bertz CT molecular complexity index is 702. The number of fused-ring (bicyclic) bond motifs is 1. The first-order chi connectivity index (χ1) is 11.1. The Kier molecular flexibility index (Phi) is 4.71. The molecule has 1 aromatic heterocycles. The van der Waals surface area contributed by atoms with Crippen LogP contribution < -0.4 is 14.8 Å². The Balaban J connectivity index is 1.59. The van der Waals surface area contributed by atoms with Crippen LogP contribution >= 0.6 is 11.8 Å². The van der Waals surface area contributed by atoms with E-state index >= 15 is 0 Å². The van der Waals surface area contributed by atoms with E-state index < -0.39 is 0 Å². The Morgan fingerprint density at radius 2 is 2.13 bits per heavy atom. The van der Waals surface area contributed by atoms with Crippen molar-refractivity contribution in [2.45, 2.75) is 19.1 Å². The summed E-state index contributed by atoms with van der Waals surface area (Å²) in [6.45, 7) is 4.97. The molecule has 122 valence electrons. The fourth-order valence-corrected chi connectivity index (χ4v) is 2.50. The van der Waals surface area contributed by atoms with Gasteiger partial charge in [0.2, 0.25) is 18.6 Å². The third-order valence-corrected chi connectivity index (χ3v) is 3.88. The van der Waals surface area contributed by atoms with Crippen LogP contribution in [0.4, 0.5) is 0 Å². The number of carbonyl (C=O) groups excluding carboxylic acids is 1. The minimum atomic E-state index is -0.0495. The van der Waals surface area contributed by atoms with Gasteiger partial charge in [0.1, 0.15) is 0 Å². The zero-order chi connectivity index (χ0) is 16.2. The summed E-state index contributed by atoms with van der Waals surface area (Å²) in [6, 6.07) is 5.42. The molecule has 8 heteroatoms. The van der Waals surface area contributed by atoms with Crippen LogP contribution in [0.15, 0.2) is 27.8 Å². The van der Waals surface area contributed by atoms with E-state index in [4.69, 9.17) is 13.9 Å². The normalized spacial score (nSPS) is 12.7. The van der Waals surface area contributed by atoms with E-state index in [0.29, 0.717) is 35.1 Å². The second kappa shape index (κ2) is 6.91. The molecule has 3 rings (SSSR count). The Morgan fingerprint density at radius 3 is 2.96 bits per heavy atom. The number of ether oxygens (including phenoxy) is 2. The summed E-state index contributed by atoms with van der Waals surface area (Å²) in [5, 5.41) is 11.1. The molecule has 1 aromatic carbocycles. The lowest BCUT2D eigenvalue weighted by Crippen LogP contribution is -2.28. The first-order valence-corrected chi connectivity index (χ1v) is 8.23.